The molecule has 1 amide bonds. The van der Waals surface area contributed by atoms with Crippen LogP contribution < -0.4 is 11.1 Å². The summed E-state index contributed by atoms with van der Waals surface area (Å²) in [5.74, 6) is -0.596. The Morgan fingerprint density at radius 2 is 2.35 bits per heavy atom. The number of primary amides is 1. The van der Waals surface area contributed by atoms with Crippen LogP contribution in [0.5, 0.6) is 0 Å². The number of halogens is 2. The van der Waals surface area contributed by atoms with E-state index in [4.69, 9.17) is 17.3 Å². The molecule has 1 saturated heterocycles. The van der Waals surface area contributed by atoms with E-state index < -0.39 is 5.82 Å². The van der Waals surface area contributed by atoms with Crippen molar-refractivity contribution < 1.29 is 9.18 Å². The number of rotatable bonds is 3. The van der Waals surface area contributed by atoms with E-state index in [1.165, 1.54) is 6.07 Å². The average molecular weight is 257 g/mol. The zero-order chi connectivity index (χ0) is 12.4. The number of hydrogen-bond donors (Lipinski definition) is 2. The molecule has 0 unspecified atom stereocenters. The number of carbonyl (C=O) groups is 1. The average Bonchev–Trinajstić information content (AvgIpc) is 2.72. The molecule has 17 heavy (non-hydrogen) atoms. The van der Waals surface area contributed by atoms with E-state index in [2.05, 4.69) is 5.32 Å². The van der Waals surface area contributed by atoms with Crippen LogP contribution in [0.2, 0.25) is 5.02 Å². The third-order valence-corrected chi connectivity index (χ3v) is 3.43. The fraction of sp³-hybridized carbons (Fsp3) is 0.417. The Bertz CT molecular complexity index is 439. The highest BCUT2D eigenvalue weighted by molar-refractivity contribution is 6.30. The lowest BCUT2D eigenvalue weighted by atomic mass is 9.92. The van der Waals surface area contributed by atoms with Crippen molar-refractivity contribution in [1.82, 2.24) is 5.32 Å². The Kier molecular flexibility index (Phi) is 3.64. The molecule has 5 heteroatoms. The Morgan fingerprint density at radius 1 is 1.59 bits per heavy atom. The number of amides is 1. The van der Waals surface area contributed by atoms with Crippen molar-refractivity contribution in [3.63, 3.8) is 0 Å². The highest BCUT2D eigenvalue weighted by Gasteiger charge is 2.30. The van der Waals surface area contributed by atoms with E-state index in [1.54, 1.807) is 12.1 Å². The number of nitrogens with two attached hydrogens (primary N) is 1. The van der Waals surface area contributed by atoms with Crippen LogP contribution in [-0.4, -0.2) is 18.5 Å². The lowest BCUT2D eigenvalue weighted by molar-refractivity contribution is -0.120. The summed E-state index contributed by atoms with van der Waals surface area (Å²) in [6.45, 7) is 0.785. The first-order chi connectivity index (χ1) is 8.08. The molecule has 1 aromatic rings. The van der Waals surface area contributed by atoms with E-state index in [0.29, 0.717) is 6.42 Å². The minimum absolute atomic E-state index is 0.115. The summed E-state index contributed by atoms with van der Waals surface area (Å²) in [6, 6.07) is 4.35. The molecule has 0 radical (unpaired) electrons. The Hall–Kier alpha value is -1.13. The second-order valence-electron chi connectivity index (χ2n) is 4.34. The third kappa shape index (κ3) is 2.76. The van der Waals surface area contributed by atoms with Crippen molar-refractivity contribution in [2.75, 3.05) is 6.54 Å². The highest BCUT2D eigenvalue weighted by atomic mass is 35.5. The van der Waals surface area contributed by atoms with Gasteiger partial charge in [0, 0.05) is 0 Å². The fourth-order valence-corrected chi connectivity index (χ4v) is 2.48. The molecule has 1 heterocycles. The van der Waals surface area contributed by atoms with Crippen LogP contribution in [0, 0.1) is 11.7 Å². The first-order valence-corrected chi connectivity index (χ1v) is 5.92. The first kappa shape index (κ1) is 12.3. The molecule has 0 aromatic heterocycles. The minimum atomic E-state index is -0.425. The molecule has 0 spiro atoms. The van der Waals surface area contributed by atoms with Gasteiger partial charge in [0.2, 0.25) is 5.91 Å². The second kappa shape index (κ2) is 5.02. The van der Waals surface area contributed by atoms with Gasteiger partial charge < -0.3 is 11.1 Å². The molecule has 0 aliphatic carbocycles. The molecular weight excluding hydrogens is 243 g/mol. The predicted molar refractivity (Wildman–Crippen MR) is 64.2 cm³/mol. The Labute approximate surface area is 104 Å². The molecule has 2 atom stereocenters. The second-order valence-corrected chi connectivity index (χ2v) is 4.74. The van der Waals surface area contributed by atoms with Gasteiger partial charge in [-0.05, 0) is 43.0 Å². The van der Waals surface area contributed by atoms with Crippen molar-refractivity contribution in [2.24, 2.45) is 11.7 Å². The smallest absolute Gasteiger partial charge is 0.234 e. The van der Waals surface area contributed by atoms with Crippen LogP contribution in [0.15, 0.2) is 18.2 Å². The maximum Gasteiger partial charge on any atom is 0.234 e. The molecule has 1 aliphatic heterocycles. The van der Waals surface area contributed by atoms with Crippen LogP contribution in [-0.2, 0) is 11.2 Å². The van der Waals surface area contributed by atoms with Crippen molar-refractivity contribution in [2.45, 2.75) is 18.9 Å². The summed E-state index contributed by atoms with van der Waals surface area (Å²) in [5.41, 5.74) is 6.24. The van der Waals surface area contributed by atoms with Gasteiger partial charge in [-0.15, -0.1) is 0 Å². The van der Waals surface area contributed by atoms with Gasteiger partial charge in [-0.3, -0.25) is 4.79 Å². The number of nitrogens with one attached hydrogen (secondary N) is 1. The quantitative estimate of drug-likeness (QED) is 0.861. The largest absolute Gasteiger partial charge is 0.368 e. The summed E-state index contributed by atoms with van der Waals surface area (Å²) in [7, 11) is 0. The standard InChI is InChI=1S/C12H14ClFN2O/c13-9-6-7(1-2-10(9)14)5-8-3-4-16-11(8)12(15)17/h1-2,6,8,11,16H,3-5H2,(H2,15,17)/t8-,11+/m1/s1. The molecule has 3 nitrogen and oxygen atoms in total. The van der Waals surface area contributed by atoms with Gasteiger partial charge in [0.25, 0.3) is 0 Å². The summed E-state index contributed by atoms with van der Waals surface area (Å²) in [5, 5.41) is 3.19. The van der Waals surface area contributed by atoms with Crippen molar-refractivity contribution in [1.29, 1.82) is 0 Å². The van der Waals surface area contributed by atoms with Crippen LogP contribution in [0.25, 0.3) is 0 Å². The molecule has 3 N–H and O–H groups in total. The molecule has 1 fully saturated rings. The summed E-state index contributed by atoms with van der Waals surface area (Å²) >= 11 is 5.72. The maximum atomic E-state index is 13.0. The molecule has 0 saturated carbocycles. The van der Waals surface area contributed by atoms with E-state index in [0.717, 1.165) is 18.5 Å². The Morgan fingerprint density at radius 3 is 3.00 bits per heavy atom. The summed E-state index contributed by atoms with van der Waals surface area (Å²) < 4.78 is 13.0. The molecular formula is C12H14ClFN2O. The highest BCUT2D eigenvalue weighted by Crippen LogP contribution is 2.23. The van der Waals surface area contributed by atoms with Crippen molar-refractivity contribution in [3.05, 3.63) is 34.6 Å². The number of hydrogen-bond acceptors (Lipinski definition) is 2. The molecule has 1 aromatic carbocycles. The number of benzene rings is 1. The summed E-state index contributed by atoms with van der Waals surface area (Å²) in [6.07, 6.45) is 1.57. The first-order valence-electron chi connectivity index (χ1n) is 5.54. The van der Waals surface area contributed by atoms with Crippen molar-refractivity contribution >= 4 is 17.5 Å². The van der Waals surface area contributed by atoms with Crippen LogP contribution >= 0.6 is 11.6 Å². The van der Waals surface area contributed by atoms with Crippen molar-refractivity contribution in [3.8, 4) is 0 Å². The molecule has 2 rings (SSSR count). The van der Waals surface area contributed by atoms with Gasteiger partial charge in [-0.1, -0.05) is 17.7 Å². The van der Waals surface area contributed by atoms with Gasteiger partial charge in [0.05, 0.1) is 11.1 Å². The zero-order valence-corrected chi connectivity index (χ0v) is 10.0. The van der Waals surface area contributed by atoms with Gasteiger partial charge >= 0.3 is 0 Å². The van der Waals surface area contributed by atoms with Crippen LogP contribution in [0.3, 0.4) is 0 Å². The predicted octanol–water partition coefficient (Wildman–Crippen LogP) is 1.48. The molecule has 1 aliphatic rings. The normalized spacial score (nSPS) is 23.9. The van der Waals surface area contributed by atoms with E-state index >= 15 is 0 Å². The maximum absolute atomic E-state index is 13.0. The van der Waals surface area contributed by atoms with E-state index in [-0.39, 0.29) is 22.9 Å². The third-order valence-electron chi connectivity index (χ3n) is 3.14. The number of carbonyl (C=O) groups excluding carboxylic acids is 1. The minimum Gasteiger partial charge on any atom is -0.368 e. The fourth-order valence-electron chi connectivity index (χ4n) is 2.28. The van der Waals surface area contributed by atoms with Gasteiger partial charge in [0.1, 0.15) is 5.82 Å². The monoisotopic (exact) mass is 256 g/mol. The van der Waals surface area contributed by atoms with Gasteiger partial charge in [0.15, 0.2) is 0 Å². The zero-order valence-electron chi connectivity index (χ0n) is 9.25. The van der Waals surface area contributed by atoms with Gasteiger partial charge in [-0.2, -0.15) is 0 Å². The van der Waals surface area contributed by atoms with E-state index in [1.807, 2.05) is 0 Å². The van der Waals surface area contributed by atoms with Crippen LogP contribution in [0.1, 0.15) is 12.0 Å². The van der Waals surface area contributed by atoms with Gasteiger partial charge in [-0.25, -0.2) is 4.39 Å². The van der Waals surface area contributed by atoms with Crippen LogP contribution in [0.4, 0.5) is 4.39 Å². The molecule has 92 valence electrons. The van der Waals surface area contributed by atoms with E-state index in [9.17, 15) is 9.18 Å². The SMILES string of the molecule is NC(=O)[C@H]1NCC[C@@H]1Cc1ccc(F)c(Cl)c1. The lowest BCUT2D eigenvalue weighted by Gasteiger charge is -2.16. The lowest BCUT2D eigenvalue weighted by Crippen LogP contribution is -2.41. The molecule has 0 bridgehead atoms. The summed E-state index contributed by atoms with van der Waals surface area (Å²) in [4.78, 5) is 11.2. The topological polar surface area (TPSA) is 55.1 Å². The Balaban J connectivity index is 2.09.